The van der Waals surface area contributed by atoms with Crippen molar-refractivity contribution in [1.29, 1.82) is 0 Å². The van der Waals surface area contributed by atoms with Gasteiger partial charge in [-0.05, 0) is 35.4 Å². The Morgan fingerprint density at radius 3 is 2.53 bits per heavy atom. The fourth-order valence-electron chi connectivity index (χ4n) is 2.00. The van der Waals surface area contributed by atoms with Gasteiger partial charge in [0.1, 0.15) is 5.82 Å². The van der Waals surface area contributed by atoms with E-state index in [1.165, 1.54) is 12.1 Å². The minimum absolute atomic E-state index is 0.208. The summed E-state index contributed by atoms with van der Waals surface area (Å²) in [6, 6.07) is 12.7. The molecule has 0 aliphatic rings. The van der Waals surface area contributed by atoms with E-state index in [0.717, 1.165) is 32.8 Å². The fraction of sp³-hybridized carbons (Fsp3) is 0.133. The molecule has 0 aliphatic carbocycles. The molecule has 0 spiro atoms. The first-order valence-corrected chi connectivity index (χ1v) is 6.89. The Bertz CT molecular complexity index is 704. The van der Waals surface area contributed by atoms with E-state index in [1.807, 2.05) is 12.1 Å². The summed E-state index contributed by atoms with van der Waals surface area (Å²) in [6.07, 6.45) is 0.734. The normalized spacial score (nSPS) is 11.1. The lowest BCUT2D eigenvalue weighted by atomic mass is 10.1. The van der Waals surface area contributed by atoms with E-state index in [-0.39, 0.29) is 5.82 Å². The molecule has 96 valence electrons. The van der Waals surface area contributed by atoms with Crippen LogP contribution in [0, 0.1) is 5.82 Å². The zero-order valence-electron chi connectivity index (χ0n) is 10.3. The Morgan fingerprint density at radius 1 is 1.05 bits per heavy atom. The molecule has 2 N–H and O–H groups in total. The number of nitrogens with zero attached hydrogens (tertiary/aromatic N) is 1. The molecule has 3 aromatic rings. The molecule has 19 heavy (non-hydrogen) atoms. The highest BCUT2D eigenvalue weighted by atomic mass is 32.1. The minimum Gasteiger partial charge on any atom is -0.326 e. The van der Waals surface area contributed by atoms with E-state index < -0.39 is 0 Å². The maximum atomic E-state index is 12.9. The third-order valence-electron chi connectivity index (χ3n) is 3.00. The van der Waals surface area contributed by atoms with Crippen LogP contribution in [0.3, 0.4) is 0 Å². The van der Waals surface area contributed by atoms with Crippen molar-refractivity contribution in [3.05, 3.63) is 64.4 Å². The van der Waals surface area contributed by atoms with Gasteiger partial charge in [-0.25, -0.2) is 9.37 Å². The van der Waals surface area contributed by atoms with E-state index in [0.29, 0.717) is 6.54 Å². The topological polar surface area (TPSA) is 38.9 Å². The Balaban J connectivity index is 1.90. The molecule has 0 fully saturated rings. The molecule has 3 rings (SSSR count). The van der Waals surface area contributed by atoms with Crippen molar-refractivity contribution >= 4 is 21.6 Å². The van der Waals surface area contributed by atoms with Crippen LogP contribution in [0.4, 0.5) is 4.39 Å². The quantitative estimate of drug-likeness (QED) is 0.792. The number of nitrogens with two attached hydrogens (primary N) is 1. The zero-order chi connectivity index (χ0) is 13.2. The van der Waals surface area contributed by atoms with Gasteiger partial charge in [0.2, 0.25) is 0 Å². The molecule has 4 heteroatoms. The van der Waals surface area contributed by atoms with Crippen molar-refractivity contribution in [2.75, 3.05) is 0 Å². The highest BCUT2D eigenvalue weighted by molar-refractivity contribution is 7.18. The first-order valence-electron chi connectivity index (χ1n) is 6.07. The molecule has 0 atom stereocenters. The lowest BCUT2D eigenvalue weighted by Crippen LogP contribution is -1.95. The summed E-state index contributed by atoms with van der Waals surface area (Å²) >= 11 is 1.67. The lowest BCUT2D eigenvalue weighted by Gasteiger charge is -1.96. The first kappa shape index (κ1) is 12.3. The summed E-state index contributed by atoms with van der Waals surface area (Å²) < 4.78 is 14.0. The van der Waals surface area contributed by atoms with Gasteiger partial charge in [-0.1, -0.05) is 18.2 Å². The molecule has 0 radical (unpaired) electrons. The lowest BCUT2D eigenvalue weighted by molar-refractivity contribution is 0.627. The SMILES string of the molecule is NCc1ccc2sc(Cc3ccc(F)cc3)nc2c1. The Morgan fingerprint density at radius 2 is 1.79 bits per heavy atom. The summed E-state index contributed by atoms with van der Waals surface area (Å²) in [4.78, 5) is 4.61. The monoisotopic (exact) mass is 272 g/mol. The first-order chi connectivity index (χ1) is 9.24. The molecule has 0 amide bonds. The standard InChI is InChI=1S/C15H13FN2S/c16-12-4-1-10(2-5-12)8-15-18-13-7-11(9-17)3-6-14(13)19-15/h1-7H,8-9,17H2. The molecule has 2 nitrogen and oxygen atoms in total. The van der Waals surface area contributed by atoms with Crippen molar-refractivity contribution in [1.82, 2.24) is 4.98 Å². The number of rotatable bonds is 3. The zero-order valence-corrected chi connectivity index (χ0v) is 11.1. The maximum absolute atomic E-state index is 12.9. The molecular formula is C15H13FN2S. The van der Waals surface area contributed by atoms with Crippen LogP contribution in [0.2, 0.25) is 0 Å². The van der Waals surface area contributed by atoms with Crippen LogP contribution in [0.15, 0.2) is 42.5 Å². The van der Waals surface area contributed by atoms with Gasteiger partial charge in [0, 0.05) is 13.0 Å². The van der Waals surface area contributed by atoms with Crippen LogP contribution in [0.1, 0.15) is 16.1 Å². The van der Waals surface area contributed by atoms with Crippen molar-refractivity contribution in [2.45, 2.75) is 13.0 Å². The van der Waals surface area contributed by atoms with Gasteiger partial charge < -0.3 is 5.73 Å². The summed E-state index contributed by atoms with van der Waals surface area (Å²) in [6.45, 7) is 0.529. The molecular weight excluding hydrogens is 259 g/mol. The number of fused-ring (bicyclic) bond motifs is 1. The van der Waals surface area contributed by atoms with E-state index in [9.17, 15) is 4.39 Å². The van der Waals surface area contributed by atoms with E-state index in [4.69, 9.17) is 5.73 Å². The molecule has 0 unspecified atom stereocenters. The van der Waals surface area contributed by atoms with E-state index >= 15 is 0 Å². The second-order valence-corrected chi connectivity index (χ2v) is 5.53. The van der Waals surface area contributed by atoms with Gasteiger partial charge in [0.15, 0.2) is 0 Å². The predicted octanol–water partition coefficient (Wildman–Crippen LogP) is 3.48. The van der Waals surface area contributed by atoms with Crippen LogP contribution in [0.25, 0.3) is 10.2 Å². The minimum atomic E-state index is -0.208. The summed E-state index contributed by atoms with van der Waals surface area (Å²) in [7, 11) is 0. The molecule has 0 saturated carbocycles. The highest BCUT2D eigenvalue weighted by Crippen LogP contribution is 2.25. The van der Waals surface area contributed by atoms with Gasteiger partial charge in [-0.3, -0.25) is 0 Å². The van der Waals surface area contributed by atoms with Gasteiger partial charge in [0.05, 0.1) is 15.2 Å². The van der Waals surface area contributed by atoms with Gasteiger partial charge >= 0.3 is 0 Å². The molecule has 0 bridgehead atoms. The van der Waals surface area contributed by atoms with Crippen LogP contribution >= 0.6 is 11.3 Å². The highest BCUT2D eigenvalue weighted by Gasteiger charge is 2.05. The smallest absolute Gasteiger partial charge is 0.123 e. The van der Waals surface area contributed by atoms with Gasteiger partial charge in [0.25, 0.3) is 0 Å². The van der Waals surface area contributed by atoms with Crippen molar-refractivity contribution in [3.63, 3.8) is 0 Å². The Hall–Kier alpha value is -1.78. The van der Waals surface area contributed by atoms with Crippen molar-refractivity contribution in [3.8, 4) is 0 Å². The fourth-order valence-corrected chi connectivity index (χ4v) is 2.98. The number of aromatic nitrogens is 1. The molecule has 1 aromatic heterocycles. The third-order valence-corrected chi connectivity index (χ3v) is 4.04. The van der Waals surface area contributed by atoms with E-state index in [2.05, 4.69) is 11.1 Å². The number of hydrogen-bond donors (Lipinski definition) is 1. The number of hydrogen-bond acceptors (Lipinski definition) is 3. The summed E-state index contributed by atoms with van der Waals surface area (Å²) in [5, 5.41) is 1.04. The average Bonchev–Trinajstić information content (AvgIpc) is 2.82. The Kier molecular flexibility index (Phi) is 3.27. The number of halogens is 1. The van der Waals surface area contributed by atoms with Crippen molar-refractivity contribution in [2.24, 2.45) is 5.73 Å². The predicted molar refractivity (Wildman–Crippen MR) is 76.7 cm³/mol. The molecule has 0 aliphatic heterocycles. The second-order valence-electron chi connectivity index (χ2n) is 4.42. The van der Waals surface area contributed by atoms with E-state index in [1.54, 1.807) is 23.5 Å². The van der Waals surface area contributed by atoms with Crippen LogP contribution in [-0.4, -0.2) is 4.98 Å². The molecule has 2 aromatic carbocycles. The molecule has 0 saturated heterocycles. The summed E-state index contributed by atoms with van der Waals surface area (Å²) in [5.41, 5.74) is 8.77. The second kappa shape index (κ2) is 5.07. The maximum Gasteiger partial charge on any atom is 0.123 e. The summed E-state index contributed by atoms with van der Waals surface area (Å²) in [5.74, 6) is -0.208. The van der Waals surface area contributed by atoms with Crippen LogP contribution in [0.5, 0.6) is 0 Å². The largest absolute Gasteiger partial charge is 0.326 e. The van der Waals surface area contributed by atoms with Crippen LogP contribution < -0.4 is 5.73 Å². The van der Waals surface area contributed by atoms with Crippen LogP contribution in [-0.2, 0) is 13.0 Å². The van der Waals surface area contributed by atoms with Gasteiger partial charge in [-0.2, -0.15) is 0 Å². The number of benzene rings is 2. The third kappa shape index (κ3) is 2.64. The average molecular weight is 272 g/mol. The number of thiazole rings is 1. The molecule has 1 heterocycles. The Labute approximate surface area is 114 Å². The van der Waals surface area contributed by atoms with Gasteiger partial charge in [-0.15, -0.1) is 11.3 Å². The van der Waals surface area contributed by atoms with Crippen molar-refractivity contribution < 1.29 is 4.39 Å².